The molecule has 2 aromatic carbocycles. The third-order valence-electron chi connectivity index (χ3n) is 3.99. The first-order valence-corrected chi connectivity index (χ1v) is 8.95. The molecule has 27 heavy (non-hydrogen) atoms. The Bertz CT molecular complexity index is 1190. The molecule has 2 aromatic heterocycles. The fraction of sp³-hybridized carbons (Fsp3) is 0. The quantitative estimate of drug-likeness (QED) is 0.463. The van der Waals surface area contributed by atoms with Crippen molar-refractivity contribution >= 4 is 39.1 Å². The zero-order valence-electron chi connectivity index (χ0n) is 13.5. The third-order valence-corrected chi connectivity index (χ3v) is 4.74. The van der Waals surface area contributed by atoms with Crippen LogP contribution in [0.15, 0.2) is 59.1 Å². The lowest BCUT2D eigenvalue weighted by molar-refractivity contribution is 0.0690. The van der Waals surface area contributed by atoms with Crippen molar-refractivity contribution in [3.05, 3.63) is 75.6 Å². The highest BCUT2D eigenvalue weighted by Gasteiger charge is 2.17. The number of carbonyl (C=O) groups is 1. The average Bonchev–Trinajstić information content (AvgIpc) is 3.05. The minimum absolute atomic E-state index is 0.129. The van der Waals surface area contributed by atoms with Gasteiger partial charge in [0, 0.05) is 26.7 Å². The van der Waals surface area contributed by atoms with Gasteiger partial charge in [-0.05, 0) is 36.4 Å². The van der Waals surface area contributed by atoms with Gasteiger partial charge in [0.05, 0.1) is 11.4 Å². The Morgan fingerprint density at radius 1 is 1.11 bits per heavy atom. The number of aromatic carboxylic acids is 1. The van der Waals surface area contributed by atoms with E-state index in [1.165, 1.54) is 16.6 Å². The number of nitrogens with zero attached hydrogens (tertiary/aromatic N) is 3. The van der Waals surface area contributed by atoms with Crippen LogP contribution in [0.5, 0.6) is 0 Å². The molecule has 0 bridgehead atoms. The number of fused-ring (bicyclic) bond motifs is 1. The third kappa shape index (κ3) is 3.31. The number of carboxylic acids is 1. The Balaban J connectivity index is 1.97. The smallest absolute Gasteiger partial charge is 0.354 e. The molecule has 134 valence electrons. The summed E-state index contributed by atoms with van der Waals surface area (Å²) in [6.45, 7) is 0. The number of hydrogen-bond acceptors (Lipinski definition) is 3. The van der Waals surface area contributed by atoms with E-state index in [9.17, 15) is 14.3 Å². The monoisotopic (exact) mass is 445 g/mol. The summed E-state index contributed by atoms with van der Waals surface area (Å²) in [6, 6.07) is 14.5. The molecule has 1 N–H and O–H groups in total. The van der Waals surface area contributed by atoms with Gasteiger partial charge in [0.15, 0.2) is 11.3 Å². The van der Waals surface area contributed by atoms with Gasteiger partial charge in [-0.25, -0.2) is 18.7 Å². The molecule has 0 spiro atoms. The first-order valence-electron chi connectivity index (χ1n) is 7.78. The van der Waals surface area contributed by atoms with Crippen molar-refractivity contribution in [2.75, 3.05) is 0 Å². The summed E-state index contributed by atoms with van der Waals surface area (Å²) in [5, 5.41) is 14.4. The van der Waals surface area contributed by atoms with Gasteiger partial charge in [0.1, 0.15) is 5.82 Å². The maximum absolute atomic E-state index is 14.3. The minimum atomic E-state index is -1.16. The van der Waals surface area contributed by atoms with E-state index in [0.29, 0.717) is 37.7 Å². The SMILES string of the molecule is O=C(O)c1cc(-c2ccc(Cl)cc2)n2nc(-c3ccc(Br)cc3F)cc2n1. The van der Waals surface area contributed by atoms with Crippen LogP contribution in [-0.4, -0.2) is 25.7 Å². The van der Waals surface area contributed by atoms with E-state index in [1.54, 1.807) is 42.5 Å². The summed E-state index contributed by atoms with van der Waals surface area (Å²) in [5.41, 5.74) is 2.04. The summed E-state index contributed by atoms with van der Waals surface area (Å²) >= 11 is 9.16. The normalized spacial score (nSPS) is 11.1. The summed E-state index contributed by atoms with van der Waals surface area (Å²) < 4.78 is 16.4. The van der Waals surface area contributed by atoms with Crippen molar-refractivity contribution in [2.45, 2.75) is 0 Å². The molecule has 0 amide bonds. The summed E-state index contributed by atoms with van der Waals surface area (Å²) in [6.07, 6.45) is 0. The van der Waals surface area contributed by atoms with Crippen LogP contribution in [0.25, 0.3) is 28.2 Å². The first kappa shape index (κ1) is 17.6. The Kier molecular flexibility index (Phi) is 4.41. The van der Waals surface area contributed by atoms with Gasteiger partial charge in [-0.1, -0.05) is 39.7 Å². The Morgan fingerprint density at radius 3 is 2.52 bits per heavy atom. The molecule has 0 aliphatic heterocycles. The molecule has 0 fully saturated rings. The van der Waals surface area contributed by atoms with E-state index in [0.717, 1.165) is 0 Å². The second-order valence-corrected chi connectivity index (χ2v) is 7.11. The minimum Gasteiger partial charge on any atom is -0.477 e. The zero-order valence-corrected chi connectivity index (χ0v) is 15.9. The summed E-state index contributed by atoms with van der Waals surface area (Å²) in [4.78, 5) is 15.6. The second-order valence-electron chi connectivity index (χ2n) is 5.76. The number of halogens is 3. The fourth-order valence-corrected chi connectivity index (χ4v) is 3.20. The predicted molar refractivity (Wildman–Crippen MR) is 103 cm³/mol. The Morgan fingerprint density at radius 2 is 1.85 bits per heavy atom. The lowest BCUT2D eigenvalue weighted by Crippen LogP contribution is -2.05. The zero-order chi connectivity index (χ0) is 19.1. The lowest BCUT2D eigenvalue weighted by atomic mass is 10.1. The van der Waals surface area contributed by atoms with E-state index < -0.39 is 11.8 Å². The molecular formula is C19H10BrClFN3O2. The van der Waals surface area contributed by atoms with Gasteiger partial charge in [-0.15, -0.1) is 0 Å². The van der Waals surface area contributed by atoms with Crippen LogP contribution in [0.2, 0.25) is 5.02 Å². The molecule has 0 aliphatic carbocycles. The van der Waals surface area contributed by atoms with Gasteiger partial charge >= 0.3 is 5.97 Å². The van der Waals surface area contributed by atoms with Crippen LogP contribution in [0.4, 0.5) is 4.39 Å². The van der Waals surface area contributed by atoms with Gasteiger partial charge in [0.25, 0.3) is 0 Å². The molecule has 5 nitrogen and oxygen atoms in total. The largest absolute Gasteiger partial charge is 0.477 e. The van der Waals surface area contributed by atoms with E-state index in [4.69, 9.17) is 11.6 Å². The Hall–Kier alpha value is -2.77. The Labute approximate surface area is 166 Å². The van der Waals surface area contributed by atoms with Crippen LogP contribution in [0.1, 0.15) is 10.5 Å². The van der Waals surface area contributed by atoms with Crippen molar-refractivity contribution in [3.63, 3.8) is 0 Å². The second kappa shape index (κ2) is 6.75. The topological polar surface area (TPSA) is 67.5 Å². The van der Waals surface area contributed by atoms with Crippen molar-refractivity contribution in [1.82, 2.24) is 14.6 Å². The highest BCUT2D eigenvalue weighted by atomic mass is 79.9. The van der Waals surface area contributed by atoms with E-state index >= 15 is 0 Å². The van der Waals surface area contributed by atoms with Gasteiger partial charge in [0.2, 0.25) is 0 Å². The van der Waals surface area contributed by atoms with E-state index in [2.05, 4.69) is 26.0 Å². The maximum Gasteiger partial charge on any atom is 0.354 e. The van der Waals surface area contributed by atoms with Crippen molar-refractivity contribution in [3.8, 4) is 22.5 Å². The van der Waals surface area contributed by atoms with E-state index in [1.807, 2.05) is 0 Å². The molecule has 8 heteroatoms. The number of carboxylic acid groups (broad SMARTS) is 1. The van der Waals surface area contributed by atoms with Crippen LogP contribution < -0.4 is 0 Å². The lowest BCUT2D eigenvalue weighted by Gasteiger charge is -2.06. The fourth-order valence-electron chi connectivity index (χ4n) is 2.74. The molecule has 2 heterocycles. The molecule has 4 aromatic rings. The van der Waals surface area contributed by atoms with Crippen molar-refractivity contribution in [1.29, 1.82) is 0 Å². The number of rotatable bonds is 3. The molecule has 4 rings (SSSR count). The molecule has 0 saturated heterocycles. The molecular weight excluding hydrogens is 437 g/mol. The summed E-state index contributed by atoms with van der Waals surface area (Å²) in [7, 11) is 0. The molecule has 0 atom stereocenters. The maximum atomic E-state index is 14.3. The van der Waals surface area contributed by atoms with Crippen LogP contribution >= 0.6 is 27.5 Å². The van der Waals surface area contributed by atoms with E-state index in [-0.39, 0.29) is 5.69 Å². The highest BCUT2D eigenvalue weighted by Crippen LogP contribution is 2.28. The van der Waals surface area contributed by atoms with Gasteiger partial charge in [-0.3, -0.25) is 0 Å². The molecule has 0 unspecified atom stereocenters. The molecule has 0 saturated carbocycles. The number of benzene rings is 2. The van der Waals surface area contributed by atoms with Gasteiger partial charge in [-0.2, -0.15) is 5.10 Å². The average molecular weight is 447 g/mol. The van der Waals surface area contributed by atoms with Crippen molar-refractivity contribution in [2.24, 2.45) is 0 Å². The van der Waals surface area contributed by atoms with Gasteiger partial charge < -0.3 is 5.11 Å². The first-order chi connectivity index (χ1) is 12.9. The summed E-state index contributed by atoms with van der Waals surface area (Å²) in [5.74, 6) is -1.61. The van der Waals surface area contributed by atoms with Crippen LogP contribution in [0, 0.1) is 5.82 Å². The standard InChI is InChI=1S/C19H10BrClFN3O2/c20-11-3-6-13(14(22)7-11)15-9-18-23-16(19(26)27)8-17(25(18)24-15)10-1-4-12(21)5-2-10/h1-9H,(H,26,27). The van der Waals surface area contributed by atoms with Crippen LogP contribution in [0.3, 0.4) is 0 Å². The molecule has 0 aliphatic rings. The number of hydrogen-bond donors (Lipinski definition) is 1. The predicted octanol–water partition coefficient (Wildman–Crippen LogP) is 5.32. The molecule has 0 radical (unpaired) electrons. The van der Waals surface area contributed by atoms with Crippen molar-refractivity contribution < 1.29 is 14.3 Å². The number of aromatic nitrogens is 3. The van der Waals surface area contributed by atoms with Crippen LogP contribution in [-0.2, 0) is 0 Å². The highest BCUT2D eigenvalue weighted by molar-refractivity contribution is 9.10.